The lowest BCUT2D eigenvalue weighted by Gasteiger charge is -2.09. The number of pyridine rings is 1. The first-order valence-electron chi connectivity index (χ1n) is 9.15. The lowest BCUT2D eigenvalue weighted by atomic mass is 10.2. The highest BCUT2D eigenvalue weighted by atomic mass is 16.5. The van der Waals surface area contributed by atoms with Gasteiger partial charge in [0.2, 0.25) is 5.91 Å². The van der Waals surface area contributed by atoms with Crippen LogP contribution in [0, 0.1) is 0 Å². The van der Waals surface area contributed by atoms with Gasteiger partial charge in [-0.15, -0.1) is 0 Å². The van der Waals surface area contributed by atoms with Crippen molar-refractivity contribution < 1.29 is 14.3 Å². The lowest BCUT2D eigenvalue weighted by molar-refractivity contribution is -0.116. The number of nitrogens with zero attached hydrogens (tertiary/aromatic N) is 1. The predicted molar refractivity (Wildman–Crippen MR) is 111 cm³/mol. The van der Waals surface area contributed by atoms with Gasteiger partial charge in [0.25, 0.3) is 11.5 Å². The first kappa shape index (κ1) is 19.9. The summed E-state index contributed by atoms with van der Waals surface area (Å²) < 4.78 is 6.69. The molecule has 0 spiro atoms. The molecule has 0 saturated heterocycles. The highest BCUT2D eigenvalue weighted by Gasteiger charge is 2.08. The molecule has 0 unspecified atom stereocenters. The minimum atomic E-state index is -0.329. The summed E-state index contributed by atoms with van der Waals surface area (Å²) in [7, 11) is 0. The van der Waals surface area contributed by atoms with Gasteiger partial charge in [-0.2, -0.15) is 0 Å². The Balaban J connectivity index is 1.57. The van der Waals surface area contributed by atoms with Crippen molar-refractivity contribution in [2.24, 2.45) is 0 Å². The van der Waals surface area contributed by atoms with Crippen LogP contribution in [0.1, 0.15) is 17.3 Å². The van der Waals surface area contributed by atoms with E-state index in [0.29, 0.717) is 23.5 Å². The molecule has 0 aliphatic heterocycles. The maximum Gasteiger partial charge on any atom is 0.255 e. The highest BCUT2D eigenvalue weighted by molar-refractivity contribution is 6.04. The smallest absolute Gasteiger partial charge is 0.255 e. The standard InChI is InChI=1S/C22H21N3O4/c1-2-29-19-12-10-18(11-13-19)24-22(28)16-6-8-17(9-7-16)23-20(26)15-25-14-4-3-5-21(25)27/h3-14H,2,15H2,1H3,(H,23,26)(H,24,28). The van der Waals surface area contributed by atoms with E-state index in [0.717, 1.165) is 5.75 Å². The fraction of sp³-hybridized carbons (Fsp3) is 0.136. The summed E-state index contributed by atoms with van der Waals surface area (Å²) in [6.07, 6.45) is 1.55. The van der Waals surface area contributed by atoms with E-state index in [1.165, 1.54) is 10.6 Å². The van der Waals surface area contributed by atoms with Gasteiger partial charge < -0.3 is 19.9 Å². The fourth-order valence-electron chi connectivity index (χ4n) is 2.66. The zero-order valence-corrected chi connectivity index (χ0v) is 15.9. The van der Waals surface area contributed by atoms with Crippen LogP contribution in [-0.4, -0.2) is 23.0 Å². The molecule has 7 heteroatoms. The molecule has 2 aromatic carbocycles. The second kappa shape index (κ2) is 9.36. The average molecular weight is 391 g/mol. The number of amides is 2. The van der Waals surface area contributed by atoms with Gasteiger partial charge in [-0.05, 0) is 61.5 Å². The average Bonchev–Trinajstić information content (AvgIpc) is 2.72. The molecule has 148 valence electrons. The summed E-state index contributed by atoms with van der Waals surface area (Å²) in [6.45, 7) is 2.40. The summed E-state index contributed by atoms with van der Waals surface area (Å²) >= 11 is 0. The van der Waals surface area contributed by atoms with Crippen LogP contribution in [0.2, 0.25) is 0 Å². The van der Waals surface area contributed by atoms with Crippen LogP contribution in [0.15, 0.2) is 77.7 Å². The van der Waals surface area contributed by atoms with Gasteiger partial charge in [-0.3, -0.25) is 14.4 Å². The number of nitrogens with one attached hydrogen (secondary N) is 2. The zero-order chi connectivity index (χ0) is 20.6. The highest BCUT2D eigenvalue weighted by Crippen LogP contribution is 2.17. The molecular weight excluding hydrogens is 370 g/mol. The summed E-state index contributed by atoms with van der Waals surface area (Å²) in [5.74, 6) is 0.149. The van der Waals surface area contributed by atoms with E-state index < -0.39 is 0 Å². The molecule has 0 fully saturated rings. The van der Waals surface area contributed by atoms with Gasteiger partial charge in [0.1, 0.15) is 12.3 Å². The number of carbonyl (C=O) groups is 2. The van der Waals surface area contributed by atoms with Crippen molar-refractivity contribution >= 4 is 23.2 Å². The summed E-state index contributed by atoms with van der Waals surface area (Å²) in [6, 6.07) is 18.3. The zero-order valence-electron chi connectivity index (χ0n) is 15.9. The van der Waals surface area contributed by atoms with Gasteiger partial charge in [0.05, 0.1) is 6.61 Å². The molecule has 2 amide bonds. The maximum absolute atomic E-state index is 12.4. The van der Waals surface area contributed by atoms with Crippen molar-refractivity contribution in [3.63, 3.8) is 0 Å². The maximum atomic E-state index is 12.4. The third-order valence-corrected chi connectivity index (χ3v) is 4.07. The third kappa shape index (κ3) is 5.55. The van der Waals surface area contributed by atoms with Gasteiger partial charge in [-0.1, -0.05) is 6.07 Å². The molecule has 0 saturated carbocycles. The van der Waals surface area contributed by atoms with Crippen LogP contribution < -0.4 is 20.9 Å². The number of anilines is 2. The summed E-state index contributed by atoms with van der Waals surface area (Å²) in [5, 5.41) is 5.51. The van der Waals surface area contributed by atoms with Crippen molar-refractivity contribution in [2.75, 3.05) is 17.2 Å². The number of aromatic nitrogens is 1. The van der Waals surface area contributed by atoms with Crippen molar-refractivity contribution in [3.8, 4) is 5.75 Å². The van der Waals surface area contributed by atoms with Crippen molar-refractivity contribution in [2.45, 2.75) is 13.5 Å². The number of benzene rings is 2. The van der Waals surface area contributed by atoms with Crippen LogP contribution in [-0.2, 0) is 11.3 Å². The molecule has 7 nitrogen and oxygen atoms in total. The van der Waals surface area contributed by atoms with Crippen LogP contribution in [0.3, 0.4) is 0 Å². The van der Waals surface area contributed by atoms with E-state index in [9.17, 15) is 14.4 Å². The molecule has 0 aliphatic rings. The Kier molecular flexibility index (Phi) is 6.42. The Labute approximate surface area is 167 Å². The molecule has 0 radical (unpaired) electrons. The molecular formula is C22H21N3O4. The van der Waals surface area contributed by atoms with Crippen molar-refractivity contribution in [1.29, 1.82) is 0 Å². The molecule has 1 aromatic heterocycles. The first-order chi connectivity index (χ1) is 14.0. The third-order valence-electron chi connectivity index (χ3n) is 4.07. The van der Waals surface area contributed by atoms with E-state index in [1.54, 1.807) is 66.9 Å². The number of hydrogen-bond acceptors (Lipinski definition) is 4. The van der Waals surface area contributed by atoms with E-state index in [2.05, 4.69) is 10.6 Å². The Bertz CT molecular complexity index is 1040. The first-order valence-corrected chi connectivity index (χ1v) is 9.15. The lowest BCUT2D eigenvalue weighted by Crippen LogP contribution is -2.26. The molecule has 0 bridgehead atoms. The number of rotatable bonds is 7. The van der Waals surface area contributed by atoms with Crippen LogP contribution in [0.4, 0.5) is 11.4 Å². The Morgan fingerprint density at radius 2 is 1.55 bits per heavy atom. The van der Waals surface area contributed by atoms with Crippen LogP contribution >= 0.6 is 0 Å². The van der Waals surface area contributed by atoms with E-state index in [-0.39, 0.29) is 23.9 Å². The van der Waals surface area contributed by atoms with E-state index >= 15 is 0 Å². The summed E-state index contributed by atoms with van der Waals surface area (Å²) in [4.78, 5) is 36.1. The SMILES string of the molecule is CCOc1ccc(NC(=O)c2ccc(NC(=O)Cn3ccccc3=O)cc2)cc1. The number of ether oxygens (including phenoxy) is 1. The van der Waals surface area contributed by atoms with Crippen LogP contribution in [0.5, 0.6) is 5.75 Å². The van der Waals surface area contributed by atoms with E-state index in [1.807, 2.05) is 6.92 Å². The topological polar surface area (TPSA) is 89.4 Å². The molecule has 3 rings (SSSR count). The summed E-state index contributed by atoms with van der Waals surface area (Å²) in [5.41, 5.74) is 1.40. The second-order valence-electron chi connectivity index (χ2n) is 6.20. The largest absolute Gasteiger partial charge is 0.494 e. The predicted octanol–water partition coefficient (Wildman–Crippen LogP) is 3.14. The Morgan fingerprint density at radius 1 is 0.897 bits per heavy atom. The normalized spacial score (nSPS) is 10.2. The van der Waals surface area contributed by atoms with E-state index in [4.69, 9.17) is 4.74 Å². The molecule has 2 N–H and O–H groups in total. The molecule has 1 heterocycles. The van der Waals surface area contributed by atoms with Gasteiger partial charge in [0, 0.05) is 29.2 Å². The fourth-order valence-corrected chi connectivity index (χ4v) is 2.66. The number of hydrogen-bond donors (Lipinski definition) is 2. The minimum Gasteiger partial charge on any atom is -0.494 e. The Morgan fingerprint density at radius 3 is 2.21 bits per heavy atom. The van der Waals surface area contributed by atoms with Gasteiger partial charge in [0.15, 0.2) is 0 Å². The minimum absolute atomic E-state index is 0.0837. The monoisotopic (exact) mass is 391 g/mol. The van der Waals surface area contributed by atoms with Crippen molar-refractivity contribution in [3.05, 3.63) is 88.8 Å². The molecule has 0 atom stereocenters. The van der Waals surface area contributed by atoms with Gasteiger partial charge in [-0.25, -0.2) is 0 Å². The quantitative estimate of drug-likeness (QED) is 0.648. The Hall–Kier alpha value is -3.87. The van der Waals surface area contributed by atoms with Gasteiger partial charge >= 0.3 is 0 Å². The second-order valence-corrected chi connectivity index (χ2v) is 6.20. The molecule has 29 heavy (non-hydrogen) atoms. The molecule has 3 aromatic rings. The molecule has 0 aliphatic carbocycles. The number of carbonyl (C=O) groups excluding carboxylic acids is 2. The van der Waals surface area contributed by atoms with Crippen molar-refractivity contribution in [1.82, 2.24) is 4.57 Å². The van der Waals surface area contributed by atoms with Crippen LogP contribution in [0.25, 0.3) is 0 Å².